The summed E-state index contributed by atoms with van der Waals surface area (Å²) in [5.74, 6) is 0.367. The maximum Gasteiger partial charge on any atom is 0.255 e. The molecule has 1 heterocycles. The van der Waals surface area contributed by atoms with Crippen LogP contribution in [0.5, 0.6) is 0 Å². The number of hydrogen-bond acceptors (Lipinski definition) is 5. The zero-order valence-electron chi connectivity index (χ0n) is 12.2. The standard InChI is InChI=1S/C14H19ClN4O2/c1-3-17-13-9-11(12(15)10-18-13)14(20)19(6-4-5-16)7-8-21-2/h9-10H,3-4,6-8H2,1-2H3,(H,17,18). The van der Waals surface area contributed by atoms with Gasteiger partial charge in [-0.1, -0.05) is 11.6 Å². The number of nitriles is 1. The Bertz CT molecular complexity index is 516. The van der Waals surface area contributed by atoms with Crippen LogP contribution in [0.1, 0.15) is 23.7 Å². The lowest BCUT2D eigenvalue weighted by molar-refractivity contribution is 0.0700. The first-order valence-corrected chi connectivity index (χ1v) is 7.06. The smallest absolute Gasteiger partial charge is 0.255 e. The fraction of sp³-hybridized carbons (Fsp3) is 0.500. The summed E-state index contributed by atoms with van der Waals surface area (Å²) in [5, 5.41) is 12.0. The largest absolute Gasteiger partial charge is 0.383 e. The van der Waals surface area contributed by atoms with Crippen LogP contribution in [0.25, 0.3) is 0 Å². The Hall–Kier alpha value is -1.84. The van der Waals surface area contributed by atoms with Crippen molar-refractivity contribution in [2.45, 2.75) is 13.3 Å². The summed E-state index contributed by atoms with van der Waals surface area (Å²) in [6, 6.07) is 3.66. The predicted octanol–water partition coefficient (Wildman–Crippen LogP) is 2.17. The van der Waals surface area contributed by atoms with Crippen LogP contribution in [0.3, 0.4) is 0 Å². The fourth-order valence-electron chi connectivity index (χ4n) is 1.75. The number of anilines is 1. The van der Waals surface area contributed by atoms with E-state index in [1.165, 1.54) is 6.20 Å². The van der Waals surface area contributed by atoms with Gasteiger partial charge < -0.3 is 15.0 Å². The molecule has 0 aromatic carbocycles. The topological polar surface area (TPSA) is 78.2 Å². The summed E-state index contributed by atoms with van der Waals surface area (Å²) >= 11 is 6.07. The second-order valence-electron chi connectivity index (χ2n) is 4.27. The molecule has 1 aromatic rings. The van der Waals surface area contributed by atoms with Gasteiger partial charge in [0.25, 0.3) is 5.91 Å². The molecular formula is C14H19ClN4O2. The molecule has 0 unspecified atom stereocenters. The molecule has 0 saturated carbocycles. The lowest BCUT2D eigenvalue weighted by Gasteiger charge is -2.22. The van der Waals surface area contributed by atoms with Gasteiger partial charge in [-0.3, -0.25) is 4.79 Å². The molecule has 0 radical (unpaired) electrons. The Morgan fingerprint density at radius 2 is 2.33 bits per heavy atom. The molecule has 0 aliphatic rings. The number of rotatable bonds is 8. The van der Waals surface area contributed by atoms with E-state index in [0.29, 0.717) is 42.6 Å². The molecule has 0 fully saturated rings. The van der Waals surface area contributed by atoms with Crippen LogP contribution in [-0.2, 0) is 4.74 Å². The molecule has 6 nitrogen and oxygen atoms in total. The van der Waals surface area contributed by atoms with Gasteiger partial charge >= 0.3 is 0 Å². The molecule has 0 bridgehead atoms. The molecule has 0 spiro atoms. The molecule has 0 atom stereocenters. The van der Waals surface area contributed by atoms with E-state index in [4.69, 9.17) is 21.6 Å². The first-order chi connectivity index (χ1) is 10.1. The van der Waals surface area contributed by atoms with Crippen LogP contribution in [0, 0.1) is 11.3 Å². The van der Waals surface area contributed by atoms with E-state index >= 15 is 0 Å². The van der Waals surface area contributed by atoms with Crippen molar-refractivity contribution in [1.29, 1.82) is 5.26 Å². The van der Waals surface area contributed by atoms with E-state index < -0.39 is 0 Å². The maximum atomic E-state index is 12.6. The van der Waals surface area contributed by atoms with Gasteiger partial charge in [-0.25, -0.2) is 4.98 Å². The van der Waals surface area contributed by atoms with Crippen LogP contribution in [0.15, 0.2) is 12.3 Å². The number of pyridine rings is 1. The van der Waals surface area contributed by atoms with Crippen LogP contribution in [-0.4, -0.2) is 49.1 Å². The third-order valence-corrected chi connectivity index (χ3v) is 3.09. The minimum atomic E-state index is -0.228. The number of carbonyl (C=O) groups excluding carboxylic acids is 1. The Kier molecular flexibility index (Phi) is 7.51. The number of halogens is 1. The number of nitrogens with one attached hydrogen (secondary N) is 1. The second kappa shape index (κ2) is 9.16. The monoisotopic (exact) mass is 310 g/mol. The number of amides is 1. The lowest BCUT2D eigenvalue weighted by atomic mass is 10.2. The Morgan fingerprint density at radius 1 is 1.57 bits per heavy atom. The molecular weight excluding hydrogens is 292 g/mol. The van der Waals surface area contributed by atoms with Gasteiger partial charge in [-0.05, 0) is 13.0 Å². The number of hydrogen-bond donors (Lipinski definition) is 1. The molecule has 0 saturated heterocycles. The summed E-state index contributed by atoms with van der Waals surface area (Å²) in [5.41, 5.74) is 0.372. The van der Waals surface area contributed by atoms with Gasteiger partial charge in [0.15, 0.2) is 0 Å². The van der Waals surface area contributed by atoms with Crippen LogP contribution >= 0.6 is 11.6 Å². The number of nitrogens with zero attached hydrogens (tertiary/aromatic N) is 3. The van der Waals surface area contributed by atoms with Gasteiger partial charge in [-0.15, -0.1) is 0 Å². The van der Waals surface area contributed by atoms with Crippen molar-refractivity contribution >= 4 is 23.3 Å². The van der Waals surface area contributed by atoms with Crippen molar-refractivity contribution in [2.75, 3.05) is 38.7 Å². The normalized spacial score (nSPS) is 10.0. The Labute approximate surface area is 129 Å². The zero-order valence-corrected chi connectivity index (χ0v) is 13.0. The second-order valence-corrected chi connectivity index (χ2v) is 4.68. The molecule has 1 amide bonds. The first kappa shape index (κ1) is 17.2. The molecule has 1 rings (SSSR count). The summed E-state index contributed by atoms with van der Waals surface area (Å²) in [4.78, 5) is 18.2. The average Bonchev–Trinajstić information content (AvgIpc) is 2.49. The fourth-order valence-corrected chi connectivity index (χ4v) is 1.94. The molecule has 114 valence electrons. The summed E-state index contributed by atoms with van der Waals surface area (Å²) in [6.45, 7) is 3.79. The Morgan fingerprint density at radius 3 is 2.95 bits per heavy atom. The molecule has 0 aliphatic carbocycles. The van der Waals surface area contributed by atoms with Gasteiger partial charge in [0.2, 0.25) is 0 Å². The number of methoxy groups -OCH3 is 1. The quantitative estimate of drug-likeness (QED) is 0.796. The molecule has 1 aromatic heterocycles. The van der Waals surface area contributed by atoms with E-state index in [2.05, 4.69) is 10.3 Å². The minimum absolute atomic E-state index is 0.228. The number of ether oxygens (including phenoxy) is 1. The predicted molar refractivity (Wildman–Crippen MR) is 81.4 cm³/mol. The van der Waals surface area contributed by atoms with Crippen molar-refractivity contribution in [3.63, 3.8) is 0 Å². The highest BCUT2D eigenvalue weighted by molar-refractivity contribution is 6.33. The minimum Gasteiger partial charge on any atom is -0.383 e. The van der Waals surface area contributed by atoms with Gasteiger partial charge in [0.05, 0.1) is 29.7 Å². The van der Waals surface area contributed by atoms with Gasteiger partial charge in [0.1, 0.15) is 5.82 Å². The molecule has 1 N–H and O–H groups in total. The van der Waals surface area contributed by atoms with Crippen molar-refractivity contribution < 1.29 is 9.53 Å². The van der Waals surface area contributed by atoms with Crippen molar-refractivity contribution in [1.82, 2.24) is 9.88 Å². The summed E-state index contributed by atoms with van der Waals surface area (Å²) in [7, 11) is 1.57. The summed E-state index contributed by atoms with van der Waals surface area (Å²) in [6.07, 6.45) is 1.71. The van der Waals surface area contributed by atoms with Crippen LogP contribution in [0.4, 0.5) is 5.82 Å². The van der Waals surface area contributed by atoms with Crippen LogP contribution in [0.2, 0.25) is 5.02 Å². The molecule has 0 aliphatic heterocycles. The lowest BCUT2D eigenvalue weighted by Crippen LogP contribution is -2.35. The van der Waals surface area contributed by atoms with E-state index in [1.807, 2.05) is 13.0 Å². The SMILES string of the molecule is CCNc1cc(C(=O)N(CCC#N)CCOC)c(Cl)cn1. The summed E-state index contributed by atoms with van der Waals surface area (Å²) < 4.78 is 5.00. The number of aromatic nitrogens is 1. The van der Waals surface area contributed by atoms with Crippen molar-refractivity contribution in [3.8, 4) is 6.07 Å². The first-order valence-electron chi connectivity index (χ1n) is 6.68. The highest BCUT2D eigenvalue weighted by Gasteiger charge is 2.19. The van der Waals surface area contributed by atoms with E-state index in [1.54, 1.807) is 18.1 Å². The van der Waals surface area contributed by atoms with Gasteiger partial charge in [-0.2, -0.15) is 5.26 Å². The average molecular weight is 311 g/mol. The van der Waals surface area contributed by atoms with Crippen molar-refractivity contribution in [2.24, 2.45) is 0 Å². The third kappa shape index (κ3) is 5.21. The zero-order chi connectivity index (χ0) is 15.7. The molecule has 7 heteroatoms. The third-order valence-electron chi connectivity index (χ3n) is 2.79. The molecule has 21 heavy (non-hydrogen) atoms. The Balaban J connectivity index is 2.95. The number of carbonyl (C=O) groups is 1. The maximum absolute atomic E-state index is 12.6. The van der Waals surface area contributed by atoms with Crippen LogP contribution < -0.4 is 5.32 Å². The van der Waals surface area contributed by atoms with Crippen molar-refractivity contribution in [3.05, 3.63) is 22.8 Å². The van der Waals surface area contributed by atoms with E-state index in [-0.39, 0.29) is 12.3 Å². The van der Waals surface area contributed by atoms with E-state index in [9.17, 15) is 4.79 Å². The highest BCUT2D eigenvalue weighted by Crippen LogP contribution is 2.20. The van der Waals surface area contributed by atoms with E-state index in [0.717, 1.165) is 0 Å². The van der Waals surface area contributed by atoms with Gasteiger partial charge in [0, 0.05) is 32.9 Å². The highest BCUT2D eigenvalue weighted by atomic mass is 35.5.